The Hall–Kier alpha value is -1.88. The SMILES string of the molecule is C=CCNC(=O)CN(C)C1CCN(c2ccc(F)cc2)CC1. The molecule has 0 unspecified atom stereocenters. The molecule has 0 bridgehead atoms. The maximum atomic E-state index is 13.0. The summed E-state index contributed by atoms with van der Waals surface area (Å²) >= 11 is 0. The van der Waals surface area contributed by atoms with Crippen LogP contribution in [0.3, 0.4) is 0 Å². The van der Waals surface area contributed by atoms with E-state index in [9.17, 15) is 9.18 Å². The quantitative estimate of drug-likeness (QED) is 0.817. The third-order valence-corrected chi connectivity index (χ3v) is 4.12. The van der Waals surface area contributed by atoms with E-state index in [2.05, 4.69) is 21.7 Å². The van der Waals surface area contributed by atoms with E-state index in [-0.39, 0.29) is 11.7 Å². The second-order valence-electron chi connectivity index (χ2n) is 5.70. The van der Waals surface area contributed by atoms with Crippen molar-refractivity contribution in [3.05, 3.63) is 42.7 Å². The monoisotopic (exact) mass is 305 g/mol. The van der Waals surface area contributed by atoms with Crippen molar-refractivity contribution in [3.8, 4) is 0 Å². The number of anilines is 1. The fraction of sp³-hybridized carbons (Fsp3) is 0.471. The lowest BCUT2D eigenvalue weighted by atomic mass is 10.0. The highest BCUT2D eigenvalue weighted by Gasteiger charge is 2.23. The third kappa shape index (κ3) is 4.56. The molecule has 5 heteroatoms. The Morgan fingerprint density at radius 2 is 2.05 bits per heavy atom. The summed E-state index contributed by atoms with van der Waals surface area (Å²) < 4.78 is 13.0. The molecule has 22 heavy (non-hydrogen) atoms. The fourth-order valence-electron chi connectivity index (χ4n) is 2.81. The second-order valence-corrected chi connectivity index (χ2v) is 5.70. The molecule has 1 aromatic carbocycles. The number of rotatable bonds is 6. The van der Waals surface area contributed by atoms with Crippen LogP contribution in [0.15, 0.2) is 36.9 Å². The molecule has 1 N–H and O–H groups in total. The van der Waals surface area contributed by atoms with E-state index >= 15 is 0 Å². The smallest absolute Gasteiger partial charge is 0.234 e. The van der Waals surface area contributed by atoms with E-state index in [1.54, 1.807) is 6.08 Å². The highest BCUT2D eigenvalue weighted by Crippen LogP contribution is 2.22. The van der Waals surface area contributed by atoms with Crippen molar-refractivity contribution < 1.29 is 9.18 Å². The average Bonchev–Trinajstić information content (AvgIpc) is 2.54. The lowest BCUT2D eigenvalue weighted by Crippen LogP contribution is -2.46. The Kier molecular flexibility index (Phi) is 5.95. The van der Waals surface area contributed by atoms with Crippen LogP contribution >= 0.6 is 0 Å². The number of hydrogen-bond donors (Lipinski definition) is 1. The molecule has 1 aliphatic rings. The zero-order valence-electron chi connectivity index (χ0n) is 13.1. The summed E-state index contributed by atoms with van der Waals surface area (Å²) in [5.41, 5.74) is 1.06. The molecule has 1 amide bonds. The summed E-state index contributed by atoms with van der Waals surface area (Å²) in [7, 11) is 1.99. The van der Waals surface area contributed by atoms with Crippen molar-refractivity contribution in [1.29, 1.82) is 0 Å². The molecule has 1 aliphatic heterocycles. The minimum Gasteiger partial charge on any atom is -0.371 e. The van der Waals surface area contributed by atoms with Gasteiger partial charge in [-0.25, -0.2) is 4.39 Å². The lowest BCUT2D eigenvalue weighted by Gasteiger charge is -2.37. The molecule has 0 aliphatic carbocycles. The summed E-state index contributed by atoms with van der Waals surface area (Å²) in [5, 5.41) is 2.80. The van der Waals surface area contributed by atoms with Gasteiger partial charge in [0.2, 0.25) is 5.91 Å². The van der Waals surface area contributed by atoms with E-state index in [0.29, 0.717) is 19.1 Å². The Morgan fingerprint density at radius 1 is 1.41 bits per heavy atom. The van der Waals surface area contributed by atoms with Gasteiger partial charge < -0.3 is 10.2 Å². The number of carbonyl (C=O) groups excluding carboxylic acids is 1. The van der Waals surface area contributed by atoms with Gasteiger partial charge in [-0.15, -0.1) is 6.58 Å². The molecule has 1 saturated heterocycles. The van der Waals surface area contributed by atoms with Gasteiger partial charge in [-0.3, -0.25) is 9.69 Å². The topological polar surface area (TPSA) is 35.6 Å². The predicted octanol–water partition coefficient (Wildman–Crippen LogP) is 2.03. The summed E-state index contributed by atoms with van der Waals surface area (Å²) in [5.74, 6) is -0.174. The number of likely N-dealkylation sites (N-methyl/N-ethyl adjacent to an activating group) is 1. The minimum absolute atomic E-state index is 0.0309. The number of amides is 1. The first-order valence-corrected chi connectivity index (χ1v) is 7.68. The van der Waals surface area contributed by atoms with Gasteiger partial charge >= 0.3 is 0 Å². The molecule has 2 rings (SSSR count). The van der Waals surface area contributed by atoms with E-state index in [0.717, 1.165) is 31.6 Å². The Morgan fingerprint density at radius 3 is 2.64 bits per heavy atom. The average molecular weight is 305 g/mol. The highest BCUT2D eigenvalue weighted by atomic mass is 19.1. The summed E-state index contributed by atoms with van der Waals surface area (Å²) in [6.07, 6.45) is 3.68. The fourth-order valence-corrected chi connectivity index (χ4v) is 2.81. The van der Waals surface area contributed by atoms with Gasteiger partial charge in [0.1, 0.15) is 5.82 Å². The van der Waals surface area contributed by atoms with Crippen molar-refractivity contribution in [2.24, 2.45) is 0 Å². The normalized spacial score (nSPS) is 15.9. The highest BCUT2D eigenvalue weighted by molar-refractivity contribution is 5.78. The van der Waals surface area contributed by atoms with Crippen molar-refractivity contribution >= 4 is 11.6 Å². The van der Waals surface area contributed by atoms with Crippen LogP contribution in [0.4, 0.5) is 10.1 Å². The Balaban J connectivity index is 1.80. The molecule has 120 valence electrons. The van der Waals surface area contributed by atoms with Gasteiger partial charge in [0.15, 0.2) is 0 Å². The second kappa shape index (κ2) is 7.94. The molecule has 0 spiro atoms. The van der Waals surface area contributed by atoms with Gasteiger partial charge in [0.25, 0.3) is 0 Å². The number of carbonyl (C=O) groups is 1. The van der Waals surface area contributed by atoms with Crippen LogP contribution in [0.2, 0.25) is 0 Å². The molecule has 0 atom stereocenters. The summed E-state index contributed by atoms with van der Waals surface area (Å²) in [4.78, 5) is 16.1. The number of piperidine rings is 1. The first kappa shape index (κ1) is 16.5. The molecule has 4 nitrogen and oxygen atoms in total. The lowest BCUT2D eigenvalue weighted by molar-refractivity contribution is -0.122. The van der Waals surface area contributed by atoms with Crippen LogP contribution in [-0.2, 0) is 4.79 Å². The molecule has 0 radical (unpaired) electrons. The van der Waals surface area contributed by atoms with Crippen molar-refractivity contribution in [2.75, 3.05) is 38.1 Å². The maximum Gasteiger partial charge on any atom is 0.234 e. The van der Waals surface area contributed by atoms with Gasteiger partial charge in [-0.05, 0) is 44.2 Å². The van der Waals surface area contributed by atoms with Crippen molar-refractivity contribution in [1.82, 2.24) is 10.2 Å². The van der Waals surface area contributed by atoms with E-state index in [1.165, 1.54) is 12.1 Å². The molecule has 1 heterocycles. The largest absolute Gasteiger partial charge is 0.371 e. The number of nitrogens with zero attached hydrogens (tertiary/aromatic N) is 2. The number of benzene rings is 1. The van der Waals surface area contributed by atoms with Gasteiger partial charge in [-0.1, -0.05) is 6.08 Å². The first-order valence-electron chi connectivity index (χ1n) is 7.68. The van der Waals surface area contributed by atoms with Crippen LogP contribution in [0.5, 0.6) is 0 Å². The zero-order chi connectivity index (χ0) is 15.9. The summed E-state index contributed by atoms with van der Waals surface area (Å²) in [6.45, 7) is 6.36. The van der Waals surface area contributed by atoms with Crippen LogP contribution < -0.4 is 10.2 Å². The molecule has 0 saturated carbocycles. The molecular weight excluding hydrogens is 281 g/mol. The standard InChI is InChI=1S/C17H24FN3O/c1-3-10-19-17(22)13-20(2)15-8-11-21(12-9-15)16-6-4-14(18)5-7-16/h3-7,15H,1,8-13H2,2H3,(H,19,22). The molecule has 1 aromatic rings. The van der Waals surface area contributed by atoms with Crippen LogP contribution in [-0.4, -0.2) is 50.1 Å². The first-order chi connectivity index (χ1) is 10.6. The molecule has 0 aromatic heterocycles. The minimum atomic E-state index is -0.205. The van der Waals surface area contributed by atoms with Crippen LogP contribution in [0, 0.1) is 5.82 Å². The predicted molar refractivity (Wildman–Crippen MR) is 87.5 cm³/mol. The van der Waals surface area contributed by atoms with Gasteiger partial charge in [-0.2, -0.15) is 0 Å². The van der Waals surface area contributed by atoms with Gasteiger partial charge in [0, 0.05) is 31.4 Å². The van der Waals surface area contributed by atoms with E-state index < -0.39 is 0 Å². The number of halogens is 1. The number of nitrogens with one attached hydrogen (secondary N) is 1. The van der Waals surface area contributed by atoms with E-state index in [4.69, 9.17) is 0 Å². The molecule has 1 fully saturated rings. The Bertz CT molecular complexity index is 495. The maximum absolute atomic E-state index is 13.0. The third-order valence-electron chi connectivity index (χ3n) is 4.12. The van der Waals surface area contributed by atoms with Crippen LogP contribution in [0.1, 0.15) is 12.8 Å². The summed E-state index contributed by atoms with van der Waals surface area (Å²) in [6, 6.07) is 7.05. The zero-order valence-corrected chi connectivity index (χ0v) is 13.1. The van der Waals surface area contributed by atoms with Gasteiger partial charge in [0.05, 0.1) is 6.54 Å². The van der Waals surface area contributed by atoms with Crippen LogP contribution in [0.25, 0.3) is 0 Å². The van der Waals surface area contributed by atoms with Crippen molar-refractivity contribution in [3.63, 3.8) is 0 Å². The Labute approximate surface area is 131 Å². The molecular formula is C17H24FN3O. The number of hydrogen-bond acceptors (Lipinski definition) is 3. The van der Waals surface area contributed by atoms with Crippen molar-refractivity contribution in [2.45, 2.75) is 18.9 Å². The van der Waals surface area contributed by atoms with E-state index in [1.807, 2.05) is 19.2 Å².